The molecule has 1 heterocycles. The maximum absolute atomic E-state index is 13.0. The summed E-state index contributed by atoms with van der Waals surface area (Å²) >= 11 is 2.84. The first-order valence-corrected chi connectivity index (χ1v) is 13.2. The average molecular weight is 538 g/mol. The number of amides is 2. The number of thiazole rings is 1. The molecule has 0 spiro atoms. The lowest BCUT2D eigenvalue weighted by atomic mass is 10.2. The molecule has 0 aliphatic carbocycles. The SMILES string of the molecule is CCC(Sc1cccc(NC(=O)c2ccc(OC)c(OC)c2)c1)C(=O)Nc1nc2ccc(OC)cc2s1. The molecule has 3 aromatic carbocycles. The fourth-order valence-electron chi connectivity index (χ4n) is 3.59. The standard InChI is InChI=1S/C27H27N3O5S2/c1-5-23(26(32)30-27-29-20-11-10-18(33-2)15-24(20)37-27)36-19-8-6-7-17(14-19)28-25(31)16-9-12-21(34-3)22(13-16)35-4/h6-15,23H,5H2,1-4H3,(H,28,31)(H,29,30,32). The Labute approximate surface area is 223 Å². The molecular weight excluding hydrogens is 510 g/mol. The van der Waals surface area contributed by atoms with E-state index in [2.05, 4.69) is 15.6 Å². The van der Waals surface area contributed by atoms with Gasteiger partial charge in [-0.15, -0.1) is 11.8 Å². The number of fused-ring (bicyclic) bond motifs is 1. The van der Waals surface area contributed by atoms with Crippen molar-refractivity contribution in [3.63, 3.8) is 0 Å². The Bertz CT molecular complexity index is 1420. The fraction of sp³-hybridized carbons (Fsp3) is 0.222. The van der Waals surface area contributed by atoms with Crippen molar-refractivity contribution < 1.29 is 23.8 Å². The second-order valence-electron chi connectivity index (χ2n) is 7.91. The highest BCUT2D eigenvalue weighted by Crippen LogP contribution is 2.32. The minimum Gasteiger partial charge on any atom is -0.497 e. The maximum Gasteiger partial charge on any atom is 0.255 e. The molecule has 0 aliphatic heterocycles. The van der Waals surface area contributed by atoms with E-state index in [0.29, 0.717) is 34.3 Å². The van der Waals surface area contributed by atoms with Crippen LogP contribution in [0, 0.1) is 0 Å². The number of nitrogens with one attached hydrogen (secondary N) is 2. The summed E-state index contributed by atoms with van der Waals surface area (Å²) < 4.78 is 16.7. The van der Waals surface area contributed by atoms with E-state index in [1.807, 2.05) is 43.3 Å². The lowest BCUT2D eigenvalue weighted by molar-refractivity contribution is -0.115. The van der Waals surface area contributed by atoms with Gasteiger partial charge in [-0.05, 0) is 61.0 Å². The van der Waals surface area contributed by atoms with E-state index in [-0.39, 0.29) is 17.1 Å². The molecule has 0 aliphatic rings. The first kappa shape index (κ1) is 26.3. The summed E-state index contributed by atoms with van der Waals surface area (Å²) in [6.07, 6.45) is 0.622. The molecule has 37 heavy (non-hydrogen) atoms. The van der Waals surface area contributed by atoms with Crippen molar-refractivity contribution >= 4 is 55.9 Å². The Morgan fingerprint density at radius 1 is 0.946 bits per heavy atom. The van der Waals surface area contributed by atoms with Crippen LogP contribution in [0.2, 0.25) is 0 Å². The average Bonchev–Trinajstić information content (AvgIpc) is 3.32. The molecule has 8 nitrogen and oxygen atoms in total. The number of carbonyl (C=O) groups excluding carboxylic acids is 2. The van der Waals surface area contributed by atoms with Gasteiger partial charge >= 0.3 is 0 Å². The van der Waals surface area contributed by atoms with Gasteiger partial charge in [0.2, 0.25) is 5.91 Å². The minimum absolute atomic E-state index is 0.127. The summed E-state index contributed by atoms with van der Waals surface area (Å²) in [5, 5.41) is 6.06. The number of nitrogens with zero attached hydrogens (tertiary/aromatic N) is 1. The smallest absolute Gasteiger partial charge is 0.255 e. The largest absolute Gasteiger partial charge is 0.497 e. The number of aromatic nitrogens is 1. The van der Waals surface area contributed by atoms with Gasteiger partial charge in [-0.1, -0.05) is 24.3 Å². The Balaban J connectivity index is 1.42. The molecule has 2 amide bonds. The van der Waals surface area contributed by atoms with E-state index in [1.54, 1.807) is 38.5 Å². The van der Waals surface area contributed by atoms with Crippen LogP contribution in [0.25, 0.3) is 10.2 Å². The zero-order valence-electron chi connectivity index (χ0n) is 20.9. The molecule has 1 aromatic heterocycles. The number of carbonyl (C=O) groups is 2. The highest BCUT2D eigenvalue weighted by atomic mass is 32.2. The van der Waals surface area contributed by atoms with E-state index in [9.17, 15) is 9.59 Å². The molecule has 1 atom stereocenters. The van der Waals surface area contributed by atoms with Crippen LogP contribution in [0.3, 0.4) is 0 Å². The lowest BCUT2D eigenvalue weighted by Crippen LogP contribution is -2.24. The van der Waals surface area contributed by atoms with E-state index < -0.39 is 0 Å². The van der Waals surface area contributed by atoms with Gasteiger partial charge < -0.3 is 24.8 Å². The minimum atomic E-state index is -0.335. The van der Waals surface area contributed by atoms with Gasteiger partial charge in [0.1, 0.15) is 5.75 Å². The zero-order chi connectivity index (χ0) is 26.4. The molecule has 0 bridgehead atoms. The van der Waals surface area contributed by atoms with Crippen molar-refractivity contribution in [1.82, 2.24) is 4.98 Å². The van der Waals surface area contributed by atoms with Crippen molar-refractivity contribution in [1.29, 1.82) is 0 Å². The molecule has 0 fully saturated rings. The molecule has 0 radical (unpaired) electrons. The van der Waals surface area contributed by atoms with Crippen LogP contribution >= 0.6 is 23.1 Å². The molecule has 192 valence electrons. The van der Waals surface area contributed by atoms with Gasteiger partial charge in [0, 0.05) is 16.1 Å². The summed E-state index contributed by atoms with van der Waals surface area (Å²) in [6.45, 7) is 1.96. The van der Waals surface area contributed by atoms with Gasteiger partial charge in [0.25, 0.3) is 5.91 Å². The van der Waals surface area contributed by atoms with Gasteiger partial charge in [-0.3, -0.25) is 9.59 Å². The molecular formula is C27H27N3O5S2. The highest BCUT2D eigenvalue weighted by molar-refractivity contribution is 8.00. The van der Waals surface area contributed by atoms with Crippen LogP contribution in [-0.2, 0) is 4.79 Å². The highest BCUT2D eigenvalue weighted by Gasteiger charge is 2.20. The first-order valence-electron chi connectivity index (χ1n) is 11.5. The molecule has 0 saturated carbocycles. The summed E-state index contributed by atoms with van der Waals surface area (Å²) in [5.74, 6) is 1.36. The van der Waals surface area contributed by atoms with E-state index in [4.69, 9.17) is 14.2 Å². The quantitative estimate of drug-likeness (QED) is 0.236. The number of ether oxygens (including phenoxy) is 3. The number of methoxy groups -OCH3 is 3. The number of benzene rings is 3. The Hall–Kier alpha value is -3.76. The number of rotatable bonds is 10. The van der Waals surface area contributed by atoms with Gasteiger partial charge in [-0.2, -0.15) is 0 Å². The van der Waals surface area contributed by atoms with Crippen LogP contribution in [0.15, 0.2) is 65.6 Å². The summed E-state index contributed by atoms with van der Waals surface area (Å²) in [6, 6.07) is 18.0. The van der Waals surface area contributed by atoms with E-state index in [1.165, 1.54) is 30.2 Å². The number of anilines is 2. The van der Waals surface area contributed by atoms with Crippen LogP contribution in [-0.4, -0.2) is 43.4 Å². The van der Waals surface area contributed by atoms with Crippen LogP contribution in [0.1, 0.15) is 23.7 Å². The summed E-state index contributed by atoms with van der Waals surface area (Å²) in [5.41, 5.74) is 1.87. The fourth-order valence-corrected chi connectivity index (χ4v) is 5.50. The number of hydrogen-bond acceptors (Lipinski definition) is 8. The van der Waals surface area contributed by atoms with Crippen LogP contribution < -0.4 is 24.8 Å². The van der Waals surface area contributed by atoms with Gasteiger partial charge in [0.15, 0.2) is 16.6 Å². The van der Waals surface area contributed by atoms with E-state index in [0.717, 1.165) is 20.9 Å². The monoisotopic (exact) mass is 537 g/mol. The lowest BCUT2D eigenvalue weighted by Gasteiger charge is -2.14. The Morgan fingerprint density at radius 2 is 1.76 bits per heavy atom. The molecule has 0 saturated heterocycles. The Morgan fingerprint density at radius 3 is 2.49 bits per heavy atom. The topological polar surface area (TPSA) is 98.8 Å². The van der Waals surface area contributed by atoms with Crippen molar-refractivity contribution in [2.75, 3.05) is 32.0 Å². The number of thioether (sulfide) groups is 1. The van der Waals surface area contributed by atoms with Gasteiger partial charge in [-0.25, -0.2) is 4.98 Å². The normalized spacial score (nSPS) is 11.6. The van der Waals surface area contributed by atoms with Crippen LogP contribution in [0.4, 0.5) is 10.8 Å². The predicted molar refractivity (Wildman–Crippen MR) is 149 cm³/mol. The number of hydrogen-bond donors (Lipinski definition) is 2. The third-order valence-corrected chi connectivity index (χ3v) is 7.80. The zero-order valence-corrected chi connectivity index (χ0v) is 22.5. The van der Waals surface area contributed by atoms with Gasteiger partial charge in [0.05, 0.1) is 36.8 Å². The van der Waals surface area contributed by atoms with Crippen molar-refractivity contribution in [3.8, 4) is 17.2 Å². The maximum atomic E-state index is 13.0. The Kier molecular flexibility index (Phi) is 8.52. The second-order valence-corrected chi connectivity index (χ2v) is 10.2. The molecule has 2 N–H and O–H groups in total. The molecule has 4 aromatic rings. The molecule has 4 rings (SSSR count). The van der Waals surface area contributed by atoms with Crippen molar-refractivity contribution in [2.45, 2.75) is 23.5 Å². The van der Waals surface area contributed by atoms with Crippen LogP contribution in [0.5, 0.6) is 17.2 Å². The third-order valence-electron chi connectivity index (χ3n) is 5.50. The second kappa shape index (κ2) is 12.0. The van der Waals surface area contributed by atoms with E-state index >= 15 is 0 Å². The first-order chi connectivity index (χ1) is 17.9. The third kappa shape index (κ3) is 6.33. The molecule has 10 heteroatoms. The summed E-state index contributed by atoms with van der Waals surface area (Å²) in [4.78, 5) is 31.2. The predicted octanol–water partition coefficient (Wildman–Crippen LogP) is 6.08. The van der Waals surface area contributed by atoms with Crippen molar-refractivity contribution in [3.05, 3.63) is 66.2 Å². The van der Waals surface area contributed by atoms with Crippen molar-refractivity contribution in [2.24, 2.45) is 0 Å². The molecule has 1 unspecified atom stereocenters. The summed E-state index contributed by atoms with van der Waals surface area (Å²) in [7, 11) is 4.68.